The van der Waals surface area contributed by atoms with E-state index in [0.29, 0.717) is 0 Å². The molecule has 162 valence electrons. The Morgan fingerprint density at radius 1 is 1.13 bits per heavy atom. The van der Waals surface area contributed by atoms with Crippen molar-refractivity contribution in [3.05, 3.63) is 42.0 Å². The number of imidazole rings is 1. The summed E-state index contributed by atoms with van der Waals surface area (Å²) < 4.78 is 12.9. The molecule has 1 aliphatic heterocycles. The van der Waals surface area contributed by atoms with Gasteiger partial charge in [0.05, 0.1) is 42.1 Å². The van der Waals surface area contributed by atoms with Gasteiger partial charge in [-0.15, -0.1) is 0 Å². The molecule has 0 aromatic carbocycles. The Balaban J connectivity index is 0.00000124. The number of morpholine rings is 1. The molecular weight excluding hydrogens is 378 g/mol. The van der Waals surface area contributed by atoms with Gasteiger partial charge in [0, 0.05) is 44.1 Å². The van der Waals surface area contributed by atoms with Crippen LogP contribution in [0, 0.1) is 6.92 Å². The quantitative estimate of drug-likeness (QED) is 0.634. The Hall–Kier alpha value is -2.51. The van der Waals surface area contributed by atoms with E-state index in [2.05, 4.69) is 41.0 Å². The van der Waals surface area contributed by atoms with Crippen LogP contribution >= 0.6 is 0 Å². The van der Waals surface area contributed by atoms with Crippen LogP contribution in [0.25, 0.3) is 16.9 Å². The van der Waals surface area contributed by atoms with Crippen LogP contribution in [0.2, 0.25) is 0 Å². The molecule has 0 amide bonds. The first kappa shape index (κ1) is 22.2. The maximum atomic E-state index is 5.51. The third-order valence-electron chi connectivity index (χ3n) is 5.28. The Morgan fingerprint density at radius 3 is 2.50 bits per heavy atom. The minimum absolute atomic E-state index is 0.234. The molecule has 0 N–H and O–H groups in total. The van der Waals surface area contributed by atoms with Gasteiger partial charge >= 0.3 is 0 Å². The molecule has 0 unspecified atom stereocenters. The molecule has 1 saturated heterocycles. The second kappa shape index (κ2) is 9.53. The van der Waals surface area contributed by atoms with Crippen molar-refractivity contribution < 1.29 is 9.47 Å². The predicted molar refractivity (Wildman–Crippen MR) is 120 cm³/mol. The summed E-state index contributed by atoms with van der Waals surface area (Å²) in [5.74, 6) is 0. The van der Waals surface area contributed by atoms with Crippen LogP contribution in [0.1, 0.15) is 39.1 Å². The van der Waals surface area contributed by atoms with Crippen LogP contribution < -0.4 is 4.90 Å². The summed E-state index contributed by atoms with van der Waals surface area (Å²) in [4.78, 5) is 11.8. The van der Waals surface area contributed by atoms with E-state index in [1.165, 1.54) is 0 Å². The van der Waals surface area contributed by atoms with Crippen molar-refractivity contribution in [3.63, 3.8) is 0 Å². The van der Waals surface area contributed by atoms with Gasteiger partial charge in [-0.05, 0) is 39.0 Å². The van der Waals surface area contributed by atoms with Gasteiger partial charge in [-0.2, -0.15) is 5.10 Å². The lowest BCUT2D eigenvalue weighted by Crippen LogP contribution is -2.36. The molecule has 0 aliphatic carbocycles. The van der Waals surface area contributed by atoms with Gasteiger partial charge < -0.3 is 14.4 Å². The fourth-order valence-corrected chi connectivity index (χ4v) is 3.60. The molecule has 1 aliphatic rings. The highest BCUT2D eigenvalue weighted by atomic mass is 16.5. The van der Waals surface area contributed by atoms with Crippen molar-refractivity contribution in [1.29, 1.82) is 0 Å². The maximum Gasteiger partial charge on any atom is 0.178 e. The standard InChI is InChI=1S/C21H27N5O2.C2H6/c1-15-19(16-5-6-17(22-14-16)13-21(2,3)27-4)26-20(24-15)18(7-8-23-26)25-9-11-28-12-10-25;1-2/h5-8,14H,9-13H2,1-4H3;1-2H3. The van der Waals surface area contributed by atoms with Crippen LogP contribution in [0.5, 0.6) is 0 Å². The van der Waals surface area contributed by atoms with E-state index in [9.17, 15) is 0 Å². The Morgan fingerprint density at radius 2 is 1.87 bits per heavy atom. The molecule has 1 fully saturated rings. The highest BCUT2D eigenvalue weighted by Crippen LogP contribution is 2.29. The van der Waals surface area contributed by atoms with Crippen LogP contribution in [-0.4, -0.2) is 58.6 Å². The number of methoxy groups -OCH3 is 1. The number of aromatic nitrogens is 4. The maximum absolute atomic E-state index is 5.51. The minimum atomic E-state index is -0.234. The zero-order chi connectivity index (χ0) is 21.7. The van der Waals surface area contributed by atoms with Gasteiger partial charge in [-0.3, -0.25) is 4.98 Å². The average Bonchev–Trinajstić information content (AvgIpc) is 3.12. The lowest BCUT2D eigenvalue weighted by molar-refractivity contribution is 0.0224. The summed E-state index contributed by atoms with van der Waals surface area (Å²) >= 11 is 0. The van der Waals surface area contributed by atoms with E-state index in [0.717, 1.165) is 66.7 Å². The zero-order valence-corrected chi connectivity index (χ0v) is 19.0. The Bertz CT molecular complexity index is 960. The van der Waals surface area contributed by atoms with Gasteiger partial charge in [-0.25, -0.2) is 9.50 Å². The largest absolute Gasteiger partial charge is 0.378 e. The summed E-state index contributed by atoms with van der Waals surface area (Å²) in [7, 11) is 1.73. The minimum Gasteiger partial charge on any atom is -0.378 e. The van der Waals surface area contributed by atoms with Crippen LogP contribution in [0.3, 0.4) is 0 Å². The molecule has 30 heavy (non-hydrogen) atoms. The average molecular weight is 412 g/mol. The fraction of sp³-hybridized carbons (Fsp3) is 0.522. The van der Waals surface area contributed by atoms with E-state index in [4.69, 9.17) is 14.5 Å². The van der Waals surface area contributed by atoms with Gasteiger partial charge in [0.1, 0.15) is 0 Å². The first-order valence-electron chi connectivity index (χ1n) is 10.7. The van der Waals surface area contributed by atoms with Crippen LogP contribution in [-0.2, 0) is 15.9 Å². The first-order chi connectivity index (χ1) is 14.5. The molecule has 0 radical (unpaired) electrons. The van der Waals surface area contributed by atoms with E-state index < -0.39 is 0 Å². The van der Waals surface area contributed by atoms with Crippen molar-refractivity contribution in [2.75, 3.05) is 38.3 Å². The smallest absolute Gasteiger partial charge is 0.178 e. The van der Waals surface area contributed by atoms with Gasteiger partial charge in [0.2, 0.25) is 0 Å². The molecule has 0 atom stereocenters. The summed E-state index contributed by atoms with van der Waals surface area (Å²) in [5, 5.41) is 4.58. The zero-order valence-electron chi connectivity index (χ0n) is 19.0. The summed E-state index contributed by atoms with van der Waals surface area (Å²) in [5.41, 5.74) is 5.68. The number of pyridine rings is 1. The molecule has 0 bridgehead atoms. The number of ether oxygens (including phenoxy) is 2. The third kappa shape index (κ3) is 4.63. The molecule has 4 heterocycles. The molecule has 0 saturated carbocycles. The van der Waals surface area contributed by atoms with Crippen molar-refractivity contribution >= 4 is 11.3 Å². The predicted octanol–water partition coefficient (Wildman–Crippen LogP) is 3.93. The molecule has 4 rings (SSSR count). The van der Waals surface area contributed by atoms with Gasteiger partial charge in [0.15, 0.2) is 5.65 Å². The van der Waals surface area contributed by atoms with Crippen molar-refractivity contribution in [2.45, 2.75) is 46.6 Å². The second-order valence-electron chi connectivity index (χ2n) is 7.78. The van der Waals surface area contributed by atoms with E-state index in [1.807, 2.05) is 43.7 Å². The number of hydrogen-bond acceptors (Lipinski definition) is 6. The molecule has 3 aromatic rings. The number of rotatable bonds is 5. The van der Waals surface area contributed by atoms with E-state index in [-0.39, 0.29) is 5.60 Å². The fourth-order valence-electron chi connectivity index (χ4n) is 3.60. The normalized spacial score (nSPS) is 14.5. The number of fused-ring (bicyclic) bond motifs is 1. The number of hydrogen-bond donors (Lipinski definition) is 0. The highest BCUT2D eigenvalue weighted by Gasteiger charge is 2.21. The van der Waals surface area contributed by atoms with Crippen LogP contribution in [0.4, 0.5) is 5.69 Å². The molecular formula is C23H33N5O2. The molecule has 3 aromatic heterocycles. The number of nitrogens with zero attached hydrogens (tertiary/aromatic N) is 5. The Kier molecular flexibility index (Phi) is 7.05. The van der Waals surface area contributed by atoms with Gasteiger partial charge in [0.25, 0.3) is 0 Å². The monoisotopic (exact) mass is 411 g/mol. The second-order valence-corrected chi connectivity index (χ2v) is 7.78. The summed E-state index contributed by atoms with van der Waals surface area (Å²) in [6.07, 6.45) is 4.50. The molecule has 0 spiro atoms. The Labute approximate surface area is 179 Å². The number of anilines is 1. The van der Waals surface area contributed by atoms with Crippen molar-refractivity contribution in [3.8, 4) is 11.3 Å². The molecule has 7 heteroatoms. The van der Waals surface area contributed by atoms with Crippen LogP contribution in [0.15, 0.2) is 30.6 Å². The topological polar surface area (TPSA) is 64.8 Å². The van der Waals surface area contributed by atoms with E-state index in [1.54, 1.807) is 7.11 Å². The SMILES string of the molecule is CC.COC(C)(C)Cc1ccc(-c2c(C)nc3c(N4CCOCC4)ccnn23)cn1. The van der Waals surface area contributed by atoms with E-state index >= 15 is 0 Å². The summed E-state index contributed by atoms with van der Waals surface area (Å²) in [6, 6.07) is 6.18. The first-order valence-corrected chi connectivity index (χ1v) is 10.7. The van der Waals surface area contributed by atoms with Crippen molar-refractivity contribution in [2.24, 2.45) is 0 Å². The summed E-state index contributed by atoms with van der Waals surface area (Å²) in [6.45, 7) is 13.4. The highest BCUT2D eigenvalue weighted by molar-refractivity contribution is 5.75. The number of aryl methyl sites for hydroxylation is 1. The lowest BCUT2D eigenvalue weighted by Gasteiger charge is -2.28. The van der Waals surface area contributed by atoms with Gasteiger partial charge in [-0.1, -0.05) is 13.8 Å². The third-order valence-corrected chi connectivity index (χ3v) is 5.28. The molecule has 7 nitrogen and oxygen atoms in total. The lowest BCUT2D eigenvalue weighted by atomic mass is 10.0. The van der Waals surface area contributed by atoms with Crippen molar-refractivity contribution in [1.82, 2.24) is 19.6 Å².